The first kappa shape index (κ1) is 15.1. The predicted octanol–water partition coefficient (Wildman–Crippen LogP) is 2.17. The fourth-order valence-corrected chi connectivity index (χ4v) is 3.84. The van der Waals surface area contributed by atoms with Gasteiger partial charge in [0.1, 0.15) is 4.99 Å². The number of hydrogen-bond acceptors (Lipinski definition) is 4. The van der Waals surface area contributed by atoms with Gasteiger partial charge in [-0.15, -0.1) is 11.3 Å². The number of hydrogen-bond donors (Lipinski definition) is 2. The Bertz CT molecular complexity index is 722. The lowest BCUT2D eigenvalue weighted by molar-refractivity contribution is 0.581. The zero-order valence-electron chi connectivity index (χ0n) is 10.8. The highest BCUT2D eigenvalue weighted by molar-refractivity contribution is 7.89. The molecule has 3 N–H and O–H groups in total. The number of thiocarbonyl (C=S) groups is 1. The van der Waals surface area contributed by atoms with Gasteiger partial charge in [0.2, 0.25) is 10.0 Å². The van der Waals surface area contributed by atoms with Crippen molar-refractivity contribution in [3.05, 3.63) is 51.7 Å². The van der Waals surface area contributed by atoms with Crippen molar-refractivity contribution in [3.8, 4) is 0 Å². The van der Waals surface area contributed by atoms with Crippen molar-refractivity contribution in [2.24, 2.45) is 5.73 Å². The van der Waals surface area contributed by atoms with Gasteiger partial charge in [-0.25, -0.2) is 13.1 Å². The monoisotopic (exact) mass is 326 g/mol. The van der Waals surface area contributed by atoms with Crippen LogP contribution < -0.4 is 10.5 Å². The molecule has 7 heteroatoms. The molecule has 0 bridgehead atoms. The smallest absolute Gasteiger partial charge is 0.241 e. The van der Waals surface area contributed by atoms with Gasteiger partial charge in [0.15, 0.2) is 0 Å². The minimum absolute atomic E-state index is 0.180. The molecule has 1 aromatic carbocycles. The van der Waals surface area contributed by atoms with Gasteiger partial charge in [0.05, 0.1) is 4.90 Å². The van der Waals surface area contributed by atoms with Gasteiger partial charge in [-0.1, -0.05) is 30.4 Å². The van der Waals surface area contributed by atoms with E-state index >= 15 is 0 Å². The van der Waals surface area contributed by atoms with Gasteiger partial charge in [-0.3, -0.25) is 0 Å². The molecular formula is C13H14N2O2S3. The number of benzene rings is 1. The van der Waals surface area contributed by atoms with Crippen molar-refractivity contribution in [1.82, 2.24) is 4.72 Å². The highest BCUT2D eigenvalue weighted by atomic mass is 32.2. The lowest BCUT2D eigenvalue weighted by Crippen LogP contribution is -2.24. The molecule has 0 aliphatic rings. The van der Waals surface area contributed by atoms with E-state index in [1.165, 1.54) is 17.4 Å². The number of nitrogens with two attached hydrogens (primary N) is 1. The second kappa shape index (κ2) is 6.01. The zero-order chi connectivity index (χ0) is 14.8. The molecule has 0 aliphatic heterocycles. The van der Waals surface area contributed by atoms with Gasteiger partial charge in [0, 0.05) is 17.0 Å². The summed E-state index contributed by atoms with van der Waals surface area (Å²) in [4.78, 5) is 1.34. The van der Waals surface area contributed by atoms with E-state index in [1.807, 2.05) is 17.5 Å². The number of aryl methyl sites for hydroxylation is 1. The molecule has 20 heavy (non-hydrogen) atoms. The Morgan fingerprint density at radius 3 is 2.75 bits per heavy atom. The molecule has 0 saturated heterocycles. The Hall–Kier alpha value is -1.28. The van der Waals surface area contributed by atoms with E-state index in [0.29, 0.717) is 11.1 Å². The molecule has 0 amide bonds. The van der Waals surface area contributed by atoms with Crippen LogP contribution in [0.3, 0.4) is 0 Å². The molecule has 4 nitrogen and oxygen atoms in total. The highest BCUT2D eigenvalue weighted by Gasteiger charge is 2.17. The van der Waals surface area contributed by atoms with Crippen LogP contribution >= 0.6 is 23.6 Å². The molecule has 106 valence electrons. The van der Waals surface area contributed by atoms with Crippen LogP contribution in [0.25, 0.3) is 0 Å². The first-order chi connectivity index (χ1) is 9.40. The average molecular weight is 326 g/mol. The Labute approximate surface area is 127 Å². The van der Waals surface area contributed by atoms with Crippen LogP contribution in [0.5, 0.6) is 0 Å². The van der Waals surface area contributed by atoms with Crippen molar-refractivity contribution in [1.29, 1.82) is 0 Å². The molecule has 0 unspecified atom stereocenters. The molecule has 2 rings (SSSR count). The molecule has 0 atom stereocenters. The molecule has 0 saturated carbocycles. The summed E-state index contributed by atoms with van der Waals surface area (Å²) in [5.74, 6) is 0. The summed E-state index contributed by atoms with van der Waals surface area (Å²) in [5, 5.41) is 1.91. The molecule has 1 heterocycles. The van der Waals surface area contributed by atoms with E-state index in [9.17, 15) is 8.42 Å². The quantitative estimate of drug-likeness (QED) is 0.826. The fraction of sp³-hybridized carbons (Fsp3) is 0.154. The van der Waals surface area contributed by atoms with E-state index in [-0.39, 0.29) is 16.4 Å². The molecule has 0 radical (unpaired) electrons. The third kappa shape index (κ3) is 3.43. The van der Waals surface area contributed by atoms with E-state index in [4.69, 9.17) is 18.0 Å². The summed E-state index contributed by atoms with van der Waals surface area (Å²) in [6.45, 7) is 2.01. The topological polar surface area (TPSA) is 72.2 Å². The molecular weight excluding hydrogens is 312 g/mol. The van der Waals surface area contributed by atoms with Crippen LogP contribution in [0, 0.1) is 6.92 Å². The summed E-state index contributed by atoms with van der Waals surface area (Å²) in [7, 11) is -3.58. The van der Waals surface area contributed by atoms with Crippen LogP contribution in [0.1, 0.15) is 16.0 Å². The maximum Gasteiger partial charge on any atom is 0.241 e. The van der Waals surface area contributed by atoms with Gasteiger partial charge < -0.3 is 5.73 Å². The van der Waals surface area contributed by atoms with E-state index in [0.717, 1.165) is 4.88 Å². The zero-order valence-corrected chi connectivity index (χ0v) is 13.2. The highest BCUT2D eigenvalue weighted by Crippen LogP contribution is 2.18. The second-order valence-corrected chi connectivity index (χ2v) is 7.46. The van der Waals surface area contributed by atoms with Crippen LogP contribution in [0.15, 0.2) is 40.6 Å². The average Bonchev–Trinajstić information content (AvgIpc) is 2.89. The lowest BCUT2D eigenvalue weighted by Gasteiger charge is -2.10. The third-order valence-corrected chi connectivity index (χ3v) is 5.43. The number of sulfonamides is 1. The van der Waals surface area contributed by atoms with Gasteiger partial charge in [-0.2, -0.15) is 0 Å². The van der Waals surface area contributed by atoms with Gasteiger partial charge in [0.25, 0.3) is 0 Å². The lowest BCUT2D eigenvalue weighted by atomic mass is 10.1. The standard InChI is InChI=1S/C13H14N2O2S3/c1-9-4-5-10(13(14)18)7-12(9)20(16,17)15-8-11-3-2-6-19-11/h2-7,15H,8H2,1H3,(H2,14,18). The van der Waals surface area contributed by atoms with E-state index < -0.39 is 10.0 Å². The van der Waals surface area contributed by atoms with Crippen LogP contribution in [-0.2, 0) is 16.6 Å². The van der Waals surface area contributed by atoms with E-state index in [2.05, 4.69) is 4.72 Å². The number of rotatable bonds is 5. The first-order valence-corrected chi connectivity index (χ1v) is 8.60. The van der Waals surface area contributed by atoms with Crippen LogP contribution in [0.2, 0.25) is 0 Å². The molecule has 1 aromatic heterocycles. The summed E-state index contributed by atoms with van der Waals surface area (Å²) < 4.78 is 27.2. The van der Waals surface area contributed by atoms with Crippen molar-refractivity contribution >= 4 is 38.6 Å². The molecule has 0 spiro atoms. The third-order valence-electron chi connectivity index (χ3n) is 2.78. The Balaban J connectivity index is 2.28. The van der Waals surface area contributed by atoms with Crippen LogP contribution in [-0.4, -0.2) is 13.4 Å². The van der Waals surface area contributed by atoms with Crippen molar-refractivity contribution in [3.63, 3.8) is 0 Å². The number of thiophene rings is 1. The van der Waals surface area contributed by atoms with Crippen LogP contribution in [0.4, 0.5) is 0 Å². The Morgan fingerprint density at radius 2 is 2.15 bits per heavy atom. The summed E-state index contributed by atoms with van der Waals surface area (Å²) in [6, 6.07) is 8.69. The predicted molar refractivity (Wildman–Crippen MR) is 85.4 cm³/mol. The van der Waals surface area contributed by atoms with Gasteiger partial charge in [-0.05, 0) is 30.0 Å². The largest absolute Gasteiger partial charge is 0.389 e. The number of nitrogens with one attached hydrogen (secondary N) is 1. The summed E-state index contributed by atoms with van der Waals surface area (Å²) in [6.07, 6.45) is 0. The molecule has 0 aliphatic carbocycles. The normalized spacial score (nSPS) is 11.4. The first-order valence-electron chi connectivity index (χ1n) is 5.82. The molecule has 0 fully saturated rings. The Morgan fingerprint density at radius 1 is 1.40 bits per heavy atom. The van der Waals surface area contributed by atoms with Crippen molar-refractivity contribution < 1.29 is 8.42 Å². The summed E-state index contributed by atoms with van der Waals surface area (Å²) >= 11 is 6.38. The second-order valence-electron chi connectivity index (χ2n) is 4.25. The Kier molecular flexibility index (Phi) is 4.54. The fourth-order valence-electron chi connectivity index (χ4n) is 1.70. The summed E-state index contributed by atoms with van der Waals surface area (Å²) in [5.41, 5.74) is 6.74. The van der Waals surface area contributed by atoms with Gasteiger partial charge >= 0.3 is 0 Å². The molecule has 2 aromatic rings. The van der Waals surface area contributed by atoms with Crippen molar-refractivity contribution in [2.75, 3.05) is 0 Å². The SMILES string of the molecule is Cc1ccc(C(N)=S)cc1S(=O)(=O)NCc1cccs1. The minimum Gasteiger partial charge on any atom is -0.389 e. The van der Waals surface area contributed by atoms with Crippen molar-refractivity contribution in [2.45, 2.75) is 18.4 Å². The van der Waals surface area contributed by atoms with E-state index in [1.54, 1.807) is 19.1 Å². The minimum atomic E-state index is -3.58. The maximum atomic E-state index is 12.3. The maximum absolute atomic E-state index is 12.3.